The fraction of sp³-hybridized carbons (Fsp3) is 0.273. The number of carbonyl (C=O) groups excluding carboxylic acids is 2. The first-order valence-corrected chi connectivity index (χ1v) is 4.98. The Morgan fingerprint density at radius 2 is 1.69 bits per heavy atom. The lowest BCUT2D eigenvalue weighted by molar-refractivity contribution is -0.124. The minimum absolute atomic E-state index is 0.0915. The number of nitrogens with two attached hydrogens (primary N) is 1. The lowest BCUT2D eigenvalue weighted by Gasteiger charge is -2.04. The van der Waals surface area contributed by atoms with E-state index < -0.39 is 0 Å². The zero-order valence-corrected chi connectivity index (χ0v) is 9.12. The van der Waals surface area contributed by atoms with Gasteiger partial charge in [-0.1, -0.05) is 17.7 Å². The fourth-order valence-electron chi connectivity index (χ4n) is 1.16. The summed E-state index contributed by atoms with van der Waals surface area (Å²) in [6, 6.07) is 7.44. The van der Waals surface area contributed by atoms with Crippen molar-refractivity contribution >= 4 is 17.5 Å². The third kappa shape index (κ3) is 4.10. The van der Waals surface area contributed by atoms with Crippen LogP contribution in [0.25, 0.3) is 0 Å². The van der Waals surface area contributed by atoms with E-state index in [0.29, 0.717) is 0 Å². The molecule has 0 unspecified atom stereocenters. The summed E-state index contributed by atoms with van der Waals surface area (Å²) in [7, 11) is 0. The Kier molecular flexibility index (Phi) is 4.47. The average molecular weight is 221 g/mol. The predicted molar refractivity (Wildman–Crippen MR) is 61.4 cm³/mol. The van der Waals surface area contributed by atoms with Crippen LogP contribution in [0.1, 0.15) is 18.4 Å². The first-order valence-electron chi connectivity index (χ1n) is 4.98. The van der Waals surface area contributed by atoms with Crippen molar-refractivity contribution in [3.05, 3.63) is 29.8 Å². The van der Waals surface area contributed by atoms with Gasteiger partial charge in [0.15, 0.2) is 0 Å². The molecule has 0 fully saturated rings. The lowest BCUT2D eigenvalue weighted by atomic mass is 10.2. The Morgan fingerprint density at radius 3 is 2.25 bits per heavy atom. The maximum atomic E-state index is 11.4. The van der Waals surface area contributed by atoms with Crippen molar-refractivity contribution in [2.75, 3.05) is 5.32 Å². The van der Waals surface area contributed by atoms with Crippen LogP contribution in [0.4, 0.5) is 5.69 Å². The first-order chi connectivity index (χ1) is 7.61. The molecule has 0 radical (unpaired) electrons. The number of hydrogen-bond acceptors (Lipinski definition) is 3. The van der Waals surface area contributed by atoms with Gasteiger partial charge in [-0.2, -0.15) is 0 Å². The maximum absolute atomic E-state index is 11.4. The molecular formula is C11H15N3O2. The molecule has 1 rings (SSSR count). The van der Waals surface area contributed by atoms with Crippen LogP contribution in [0.2, 0.25) is 0 Å². The van der Waals surface area contributed by atoms with Crippen molar-refractivity contribution in [1.82, 2.24) is 5.43 Å². The highest BCUT2D eigenvalue weighted by molar-refractivity contribution is 5.93. The van der Waals surface area contributed by atoms with Crippen molar-refractivity contribution in [1.29, 1.82) is 0 Å². The minimum atomic E-state index is -0.348. The highest BCUT2D eigenvalue weighted by Gasteiger charge is 2.05. The molecule has 2 amide bonds. The summed E-state index contributed by atoms with van der Waals surface area (Å²) in [6.45, 7) is 1.97. The summed E-state index contributed by atoms with van der Waals surface area (Å²) in [5.74, 6) is 4.35. The Balaban J connectivity index is 2.40. The molecule has 5 heteroatoms. The molecule has 4 N–H and O–H groups in total. The normalized spacial score (nSPS) is 9.62. The second-order valence-electron chi connectivity index (χ2n) is 3.48. The molecule has 0 spiro atoms. The van der Waals surface area contributed by atoms with E-state index >= 15 is 0 Å². The monoisotopic (exact) mass is 221 g/mol. The molecule has 0 aromatic heterocycles. The average Bonchev–Trinajstić information content (AvgIpc) is 2.29. The van der Waals surface area contributed by atoms with E-state index in [-0.39, 0.29) is 24.7 Å². The van der Waals surface area contributed by atoms with E-state index in [2.05, 4.69) is 5.32 Å². The molecule has 0 saturated heterocycles. The summed E-state index contributed by atoms with van der Waals surface area (Å²) in [5.41, 5.74) is 3.82. The Labute approximate surface area is 94.0 Å². The quantitative estimate of drug-likeness (QED) is 0.397. The summed E-state index contributed by atoms with van der Waals surface area (Å²) in [4.78, 5) is 22.2. The van der Waals surface area contributed by atoms with Crippen molar-refractivity contribution in [3.63, 3.8) is 0 Å². The topological polar surface area (TPSA) is 84.2 Å². The standard InChI is InChI=1S/C11H15N3O2/c1-8-2-4-9(5-3-8)13-10(15)6-7-11(16)14-12/h2-5H,6-7,12H2,1H3,(H,13,15)(H,14,16). The van der Waals surface area contributed by atoms with E-state index in [1.165, 1.54) is 0 Å². The number of benzene rings is 1. The molecular weight excluding hydrogens is 206 g/mol. The molecule has 0 atom stereocenters. The van der Waals surface area contributed by atoms with Gasteiger partial charge >= 0.3 is 0 Å². The third-order valence-corrected chi connectivity index (χ3v) is 2.08. The number of aryl methyl sites for hydroxylation is 1. The van der Waals surface area contributed by atoms with Gasteiger partial charge in [0, 0.05) is 18.5 Å². The van der Waals surface area contributed by atoms with E-state index in [9.17, 15) is 9.59 Å². The smallest absolute Gasteiger partial charge is 0.234 e. The number of rotatable bonds is 4. The number of hydrazine groups is 1. The molecule has 86 valence electrons. The summed E-state index contributed by atoms with van der Waals surface area (Å²) in [5, 5.41) is 2.69. The Morgan fingerprint density at radius 1 is 1.12 bits per heavy atom. The molecule has 0 bridgehead atoms. The molecule has 16 heavy (non-hydrogen) atoms. The summed E-state index contributed by atoms with van der Waals surface area (Å²) < 4.78 is 0. The zero-order chi connectivity index (χ0) is 12.0. The largest absolute Gasteiger partial charge is 0.326 e. The van der Waals surface area contributed by atoms with E-state index in [1.54, 1.807) is 0 Å². The second-order valence-corrected chi connectivity index (χ2v) is 3.48. The van der Waals surface area contributed by atoms with Gasteiger partial charge in [0.2, 0.25) is 11.8 Å². The molecule has 0 saturated carbocycles. The molecule has 0 heterocycles. The van der Waals surface area contributed by atoms with Crippen LogP contribution < -0.4 is 16.6 Å². The van der Waals surface area contributed by atoms with Gasteiger partial charge in [-0.15, -0.1) is 0 Å². The van der Waals surface area contributed by atoms with Crippen LogP contribution in [-0.2, 0) is 9.59 Å². The van der Waals surface area contributed by atoms with Crippen molar-refractivity contribution < 1.29 is 9.59 Å². The summed E-state index contributed by atoms with van der Waals surface area (Å²) >= 11 is 0. The van der Waals surface area contributed by atoms with Crippen LogP contribution in [-0.4, -0.2) is 11.8 Å². The minimum Gasteiger partial charge on any atom is -0.326 e. The van der Waals surface area contributed by atoms with Gasteiger partial charge in [-0.3, -0.25) is 15.0 Å². The van der Waals surface area contributed by atoms with Crippen molar-refractivity contribution in [3.8, 4) is 0 Å². The molecule has 1 aromatic rings. The molecule has 1 aromatic carbocycles. The van der Waals surface area contributed by atoms with Gasteiger partial charge in [0.05, 0.1) is 0 Å². The van der Waals surface area contributed by atoms with E-state index in [1.807, 2.05) is 36.6 Å². The van der Waals surface area contributed by atoms with Crippen molar-refractivity contribution in [2.45, 2.75) is 19.8 Å². The summed E-state index contributed by atoms with van der Waals surface area (Å²) in [6.07, 6.45) is 0.213. The zero-order valence-electron chi connectivity index (χ0n) is 9.12. The van der Waals surface area contributed by atoms with Gasteiger partial charge in [0.25, 0.3) is 0 Å². The third-order valence-electron chi connectivity index (χ3n) is 2.08. The van der Waals surface area contributed by atoms with E-state index in [4.69, 9.17) is 5.84 Å². The van der Waals surface area contributed by atoms with Crippen LogP contribution in [0, 0.1) is 6.92 Å². The fourth-order valence-corrected chi connectivity index (χ4v) is 1.16. The first kappa shape index (κ1) is 12.2. The Hall–Kier alpha value is -1.88. The van der Waals surface area contributed by atoms with Crippen LogP contribution in [0.5, 0.6) is 0 Å². The number of carbonyl (C=O) groups is 2. The highest BCUT2D eigenvalue weighted by atomic mass is 16.2. The second kappa shape index (κ2) is 5.87. The number of hydrogen-bond donors (Lipinski definition) is 3. The predicted octanol–water partition coefficient (Wildman–Crippen LogP) is 0.704. The van der Waals surface area contributed by atoms with E-state index in [0.717, 1.165) is 11.3 Å². The number of amides is 2. The molecule has 5 nitrogen and oxygen atoms in total. The van der Waals surface area contributed by atoms with Gasteiger partial charge < -0.3 is 5.32 Å². The van der Waals surface area contributed by atoms with Gasteiger partial charge in [-0.05, 0) is 19.1 Å². The van der Waals surface area contributed by atoms with Crippen LogP contribution in [0.15, 0.2) is 24.3 Å². The van der Waals surface area contributed by atoms with Crippen LogP contribution in [0.3, 0.4) is 0 Å². The van der Waals surface area contributed by atoms with Gasteiger partial charge in [0.1, 0.15) is 0 Å². The molecule has 0 aliphatic carbocycles. The molecule has 0 aliphatic heterocycles. The number of anilines is 1. The maximum Gasteiger partial charge on any atom is 0.234 e. The highest BCUT2D eigenvalue weighted by Crippen LogP contribution is 2.09. The van der Waals surface area contributed by atoms with Crippen molar-refractivity contribution in [2.24, 2.45) is 5.84 Å². The number of nitrogens with one attached hydrogen (secondary N) is 2. The SMILES string of the molecule is Cc1ccc(NC(=O)CCC(=O)NN)cc1. The van der Waals surface area contributed by atoms with Gasteiger partial charge in [-0.25, -0.2) is 5.84 Å². The lowest BCUT2D eigenvalue weighted by Crippen LogP contribution is -2.30. The molecule has 0 aliphatic rings. The Bertz CT molecular complexity index is 373. The van der Waals surface area contributed by atoms with Crippen LogP contribution >= 0.6 is 0 Å².